The molecule has 5 heterocycles. The lowest BCUT2D eigenvalue weighted by molar-refractivity contribution is -0.153. The van der Waals surface area contributed by atoms with E-state index in [9.17, 15) is 14.4 Å². The van der Waals surface area contributed by atoms with Crippen LogP contribution in [-0.4, -0.2) is 122 Å². The number of likely N-dealkylation sites (tertiary alicyclic amines) is 1. The number of hydrogen-bond acceptors (Lipinski definition) is 16. The molecule has 4 aromatic carbocycles. The summed E-state index contributed by atoms with van der Waals surface area (Å²) in [4.78, 5) is 56.7. The largest absolute Gasteiger partial charge is 0.493 e. The molecule has 4 aliphatic rings. The smallest absolute Gasteiger partial charge is 0.230 e. The zero-order valence-electron chi connectivity index (χ0n) is 45.9. The fourth-order valence-electron chi connectivity index (χ4n) is 9.88. The average molecular weight is 1140 g/mol. The van der Waals surface area contributed by atoms with E-state index in [0.29, 0.717) is 161 Å². The van der Waals surface area contributed by atoms with Gasteiger partial charge in [-0.05, 0) is 85.5 Å². The minimum atomic E-state index is 0.174. The topological polar surface area (TPSA) is 189 Å². The van der Waals surface area contributed by atoms with Crippen LogP contribution < -0.4 is 28.4 Å². The molecule has 19 heteroatoms. The van der Waals surface area contributed by atoms with Gasteiger partial charge in [-0.15, -0.1) is 0 Å². The molecule has 1 saturated carbocycles. The van der Waals surface area contributed by atoms with E-state index in [2.05, 4.69) is 26.9 Å². The Morgan fingerprint density at radius 2 is 1.21 bits per heavy atom. The Kier molecular flexibility index (Phi) is 20.7. The van der Waals surface area contributed by atoms with E-state index in [1.165, 1.54) is 31.9 Å². The van der Waals surface area contributed by atoms with Crippen LogP contribution in [0.5, 0.6) is 46.3 Å². The molecule has 1 spiro atoms. The fourth-order valence-corrected chi connectivity index (χ4v) is 10.4. The number of halogens is 2. The molecule has 1 aliphatic carbocycles. The highest BCUT2D eigenvalue weighted by molar-refractivity contribution is 6.32. The van der Waals surface area contributed by atoms with Gasteiger partial charge in [-0.3, -0.25) is 14.4 Å². The molecule has 0 unspecified atom stereocenters. The Balaban J connectivity index is 0.000000198. The fraction of sp³-hybridized carbons (Fsp3) is 0.492. The number of aromatic nitrogens is 4. The standard InChI is InChI=1S/C34H40ClN3O6.C27H31ClN2O6/c1-41-30-18-27-29(19-31(30)43-15-3-6-32(40)38-13-11-34(12-14-38)20-42-21-34)36-22-37-33(27)44-26-10-8-24(28(35)17-26)16-25(39)9-7-23-4-2-5-23;1-3-4-6-19(31)11-18-7-8-20(12-23(18)28)36-27-22-13-25(32-2)26(14-24(22)29-17-30-27)35-10-5-9-34-21-15-33-16-21/h8,10,17-19,22-23H,2-7,9,11-16,20-21H2,1H3;7-8,12-14,17,21H,3-6,9-11,15-16H2,1-2H3. The summed E-state index contributed by atoms with van der Waals surface area (Å²) in [5, 5.41) is 2.29. The van der Waals surface area contributed by atoms with Gasteiger partial charge in [-0.25, -0.2) is 19.9 Å². The van der Waals surface area contributed by atoms with Crippen molar-refractivity contribution in [3.05, 3.63) is 94.5 Å². The molecule has 10 rings (SSSR count). The molecule has 80 heavy (non-hydrogen) atoms. The number of amides is 1. The SMILES string of the molecule is CCCCC(=O)Cc1ccc(Oc2ncnc3cc(OCCCOC4COC4)c(OC)cc23)cc1Cl.COc1cc2c(Oc3ccc(CC(=O)CCC4CCC4)c(Cl)c3)ncnc2cc1OCCCC(=O)N1CCC2(CC1)COC2. The maximum absolute atomic E-state index is 12.7. The molecule has 17 nitrogen and oxygen atoms in total. The van der Waals surface area contributed by atoms with Gasteiger partial charge in [0.05, 0.1) is 82.3 Å². The maximum Gasteiger partial charge on any atom is 0.230 e. The lowest BCUT2D eigenvalue weighted by Crippen LogP contribution is -2.52. The van der Waals surface area contributed by atoms with E-state index in [1.54, 1.807) is 62.8 Å². The molecule has 0 bridgehead atoms. The first-order valence-electron chi connectivity index (χ1n) is 27.9. The summed E-state index contributed by atoms with van der Waals surface area (Å²) in [6, 6.07) is 17.8. The second-order valence-corrected chi connectivity index (χ2v) is 21.9. The van der Waals surface area contributed by atoms with Crippen LogP contribution in [0, 0.1) is 11.3 Å². The summed E-state index contributed by atoms with van der Waals surface area (Å²) in [5.74, 6) is 5.21. The maximum atomic E-state index is 12.7. The van der Waals surface area contributed by atoms with E-state index >= 15 is 0 Å². The predicted octanol–water partition coefficient (Wildman–Crippen LogP) is 12.1. The highest BCUT2D eigenvalue weighted by Crippen LogP contribution is 2.41. The van der Waals surface area contributed by atoms with Crippen molar-refractivity contribution in [1.29, 1.82) is 0 Å². The molecular weight excluding hydrogens is 1070 g/mol. The van der Waals surface area contributed by atoms with Crippen molar-refractivity contribution in [2.24, 2.45) is 11.3 Å². The Bertz CT molecular complexity index is 3090. The molecule has 3 saturated heterocycles. The van der Waals surface area contributed by atoms with Crippen molar-refractivity contribution in [1.82, 2.24) is 24.8 Å². The van der Waals surface area contributed by atoms with Crippen LogP contribution in [0.1, 0.15) is 102 Å². The summed E-state index contributed by atoms with van der Waals surface area (Å²) < 4.78 is 51.4. The normalized spacial score (nSPS) is 15.7. The Morgan fingerprint density at radius 3 is 1.69 bits per heavy atom. The number of carbonyl (C=O) groups excluding carboxylic acids is 3. The number of Topliss-reactive ketones (excluding diaryl/α,β-unsaturated/α-hetero) is 2. The van der Waals surface area contributed by atoms with Gasteiger partial charge in [-0.2, -0.15) is 0 Å². The zero-order chi connectivity index (χ0) is 55.8. The number of ketones is 2. The van der Waals surface area contributed by atoms with Crippen LogP contribution in [0.3, 0.4) is 0 Å². The first-order chi connectivity index (χ1) is 39.0. The number of ether oxygens (including phenoxy) is 9. The third-order valence-corrected chi connectivity index (χ3v) is 15.9. The van der Waals surface area contributed by atoms with E-state index in [0.717, 1.165) is 76.0 Å². The number of rotatable bonds is 27. The minimum absolute atomic E-state index is 0.174. The van der Waals surface area contributed by atoms with Crippen LogP contribution in [-0.2, 0) is 41.4 Å². The van der Waals surface area contributed by atoms with Gasteiger partial charge in [0.25, 0.3) is 0 Å². The van der Waals surface area contributed by atoms with Crippen molar-refractivity contribution in [2.45, 2.75) is 109 Å². The summed E-state index contributed by atoms with van der Waals surface area (Å²) >= 11 is 13.0. The molecule has 2 aromatic heterocycles. The quantitative estimate of drug-likeness (QED) is 0.0442. The van der Waals surface area contributed by atoms with Crippen LogP contribution in [0.25, 0.3) is 21.8 Å². The second kappa shape index (κ2) is 28.4. The first kappa shape index (κ1) is 58.3. The van der Waals surface area contributed by atoms with Gasteiger partial charge >= 0.3 is 0 Å². The van der Waals surface area contributed by atoms with Crippen molar-refractivity contribution < 1.29 is 57.0 Å². The number of nitrogens with zero attached hydrogens (tertiary/aromatic N) is 5. The Morgan fingerprint density at radius 1 is 0.650 bits per heavy atom. The molecular formula is C61H71Cl2N5O12. The summed E-state index contributed by atoms with van der Waals surface area (Å²) in [6.45, 7) is 8.15. The number of benzene rings is 4. The highest BCUT2D eigenvalue weighted by Gasteiger charge is 2.42. The minimum Gasteiger partial charge on any atom is -0.493 e. The molecule has 0 radical (unpaired) electrons. The van der Waals surface area contributed by atoms with E-state index in [-0.39, 0.29) is 23.6 Å². The molecule has 6 aromatic rings. The van der Waals surface area contributed by atoms with E-state index < -0.39 is 0 Å². The molecule has 426 valence electrons. The Labute approximate surface area is 477 Å². The molecule has 3 aliphatic heterocycles. The van der Waals surface area contributed by atoms with Crippen LogP contribution in [0.2, 0.25) is 10.0 Å². The van der Waals surface area contributed by atoms with Crippen molar-refractivity contribution in [3.63, 3.8) is 0 Å². The average Bonchev–Trinajstić information content (AvgIpc) is 3.51. The van der Waals surface area contributed by atoms with Gasteiger partial charge in [0.1, 0.15) is 41.8 Å². The van der Waals surface area contributed by atoms with Gasteiger partial charge < -0.3 is 47.5 Å². The number of methoxy groups -OCH3 is 2. The monoisotopic (exact) mass is 1140 g/mol. The highest BCUT2D eigenvalue weighted by atomic mass is 35.5. The number of piperidine rings is 1. The van der Waals surface area contributed by atoms with E-state index in [4.69, 9.17) is 65.8 Å². The zero-order valence-corrected chi connectivity index (χ0v) is 47.5. The summed E-state index contributed by atoms with van der Waals surface area (Å²) in [5.41, 5.74) is 3.18. The van der Waals surface area contributed by atoms with Crippen molar-refractivity contribution in [3.8, 4) is 46.3 Å². The number of hydrogen-bond donors (Lipinski definition) is 0. The first-order valence-corrected chi connectivity index (χ1v) is 28.7. The third-order valence-electron chi connectivity index (χ3n) is 15.2. The summed E-state index contributed by atoms with van der Waals surface area (Å²) in [6.07, 6.45) is 15.4. The van der Waals surface area contributed by atoms with Gasteiger partial charge in [0, 0.05) is 79.2 Å². The second-order valence-electron chi connectivity index (χ2n) is 21.0. The van der Waals surface area contributed by atoms with Crippen LogP contribution in [0.4, 0.5) is 0 Å². The third kappa shape index (κ3) is 15.5. The van der Waals surface area contributed by atoms with Crippen molar-refractivity contribution in [2.75, 3.05) is 73.6 Å². The lowest BCUT2D eigenvalue weighted by atomic mass is 9.77. The number of unbranched alkanes of at least 4 members (excludes halogenated alkanes) is 1. The van der Waals surface area contributed by atoms with Crippen LogP contribution >= 0.6 is 23.2 Å². The predicted molar refractivity (Wildman–Crippen MR) is 303 cm³/mol. The van der Waals surface area contributed by atoms with E-state index in [1.807, 2.05) is 17.0 Å². The molecule has 0 N–H and O–H groups in total. The van der Waals surface area contributed by atoms with Crippen LogP contribution in [0.15, 0.2) is 73.3 Å². The summed E-state index contributed by atoms with van der Waals surface area (Å²) in [7, 11) is 3.16. The molecule has 0 atom stereocenters. The van der Waals surface area contributed by atoms with Crippen molar-refractivity contribution >= 4 is 62.5 Å². The lowest BCUT2D eigenvalue weighted by Gasteiger charge is -2.47. The Hall–Kier alpha value is -6.37. The van der Waals surface area contributed by atoms with Gasteiger partial charge in [-0.1, -0.05) is 67.9 Å². The number of fused-ring (bicyclic) bond motifs is 2. The van der Waals surface area contributed by atoms with Gasteiger partial charge in [0.15, 0.2) is 23.0 Å². The molecule has 1 amide bonds. The number of carbonyl (C=O) groups is 3. The van der Waals surface area contributed by atoms with Gasteiger partial charge in [0.2, 0.25) is 17.7 Å². The molecule has 4 fully saturated rings.